The Bertz CT molecular complexity index is 423. The molecule has 0 aliphatic heterocycles. The molecular formula is C14H20FNO3. The molecule has 0 saturated carbocycles. The molecule has 0 fully saturated rings. The van der Waals surface area contributed by atoms with Crippen LogP contribution in [0.25, 0.3) is 0 Å². The number of halogens is 1. The van der Waals surface area contributed by atoms with Gasteiger partial charge >= 0.3 is 0 Å². The van der Waals surface area contributed by atoms with Crippen LogP contribution in [0.1, 0.15) is 32.3 Å². The van der Waals surface area contributed by atoms with Gasteiger partial charge in [-0.2, -0.15) is 0 Å². The molecule has 0 bridgehead atoms. The van der Waals surface area contributed by atoms with Gasteiger partial charge in [-0.25, -0.2) is 4.39 Å². The number of aliphatic hydroxyl groups is 1. The summed E-state index contributed by atoms with van der Waals surface area (Å²) in [7, 11) is 0. The van der Waals surface area contributed by atoms with Gasteiger partial charge in [0.2, 0.25) is 0 Å². The highest BCUT2D eigenvalue weighted by molar-refractivity contribution is 5.77. The van der Waals surface area contributed by atoms with Crippen LogP contribution >= 0.6 is 0 Å². The lowest BCUT2D eigenvalue weighted by Crippen LogP contribution is -2.36. The Morgan fingerprint density at radius 3 is 2.89 bits per heavy atom. The molecule has 2 N–H and O–H groups in total. The number of hydrogen-bond acceptors (Lipinski definition) is 3. The summed E-state index contributed by atoms with van der Waals surface area (Å²) in [4.78, 5) is 11.6. The smallest absolute Gasteiger partial charge is 0.258 e. The molecule has 1 aromatic rings. The van der Waals surface area contributed by atoms with Gasteiger partial charge in [0.15, 0.2) is 18.2 Å². The Balaban J connectivity index is 2.55. The van der Waals surface area contributed by atoms with Gasteiger partial charge in [-0.1, -0.05) is 25.5 Å². The van der Waals surface area contributed by atoms with E-state index in [0.29, 0.717) is 5.56 Å². The summed E-state index contributed by atoms with van der Waals surface area (Å²) < 4.78 is 18.7. The molecule has 0 aliphatic carbocycles. The molecule has 0 radical (unpaired) electrons. The van der Waals surface area contributed by atoms with E-state index in [2.05, 4.69) is 5.32 Å². The molecule has 0 aromatic heterocycles. The van der Waals surface area contributed by atoms with Gasteiger partial charge in [-0.3, -0.25) is 4.79 Å². The molecule has 1 atom stereocenters. The van der Waals surface area contributed by atoms with Crippen molar-refractivity contribution >= 4 is 5.91 Å². The van der Waals surface area contributed by atoms with E-state index in [0.717, 1.165) is 12.8 Å². The molecule has 19 heavy (non-hydrogen) atoms. The zero-order chi connectivity index (χ0) is 14.3. The Morgan fingerprint density at radius 1 is 1.53 bits per heavy atom. The van der Waals surface area contributed by atoms with Gasteiger partial charge in [-0.05, 0) is 19.4 Å². The first-order valence-electron chi connectivity index (χ1n) is 6.38. The summed E-state index contributed by atoms with van der Waals surface area (Å²) >= 11 is 0. The van der Waals surface area contributed by atoms with Crippen LogP contribution in [0.4, 0.5) is 4.39 Å². The summed E-state index contributed by atoms with van der Waals surface area (Å²) in [6.45, 7) is 3.35. The van der Waals surface area contributed by atoms with Crippen molar-refractivity contribution in [1.82, 2.24) is 5.32 Å². The number of carbonyl (C=O) groups excluding carboxylic acids is 1. The monoisotopic (exact) mass is 269 g/mol. The lowest BCUT2D eigenvalue weighted by atomic mass is 10.2. The van der Waals surface area contributed by atoms with Crippen LogP contribution in [-0.4, -0.2) is 23.7 Å². The van der Waals surface area contributed by atoms with Crippen molar-refractivity contribution in [2.75, 3.05) is 6.61 Å². The second-order valence-corrected chi connectivity index (χ2v) is 4.43. The molecule has 0 spiro atoms. The van der Waals surface area contributed by atoms with E-state index in [1.165, 1.54) is 12.1 Å². The van der Waals surface area contributed by atoms with Crippen molar-refractivity contribution in [3.8, 4) is 5.75 Å². The number of benzene rings is 1. The molecule has 4 nitrogen and oxygen atoms in total. The van der Waals surface area contributed by atoms with E-state index in [1.807, 2.05) is 13.8 Å². The third-order valence-corrected chi connectivity index (χ3v) is 2.70. The molecule has 0 saturated heterocycles. The van der Waals surface area contributed by atoms with Crippen molar-refractivity contribution in [3.63, 3.8) is 0 Å². The van der Waals surface area contributed by atoms with Crippen LogP contribution in [0, 0.1) is 5.82 Å². The van der Waals surface area contributed by atoms with Crippen LogP contribution in [0.3, 0.4) is 0 Å². The summed E-state index contributed by atoms with van der Waals surface area (Å²) in [5.74, 6) is -0.947. The average Bonchev–Trinajstić information content (AvgIpc) is 2.37. The van der Waals surface area contributed by atoms with Crippen LogP contribution in [0.2, 0.25) is 0 Å². The third-order valence-electron chi connectivity index (χ3n) is 2.70. The quantitative estimate of drug-likeness (QED) is 0.796. The Labute approximate surface area is 112 Å². The molecular weight excluding hydrogens is 249 g/mol. The van der Waals surface area contributed by atoms with E-state index < -0.39 is 5.82 Å². The fourth-order valence-corrected chi connectivity index (χ4v) is 1.80. The Morgan fingerprint density at radius 2 is 2.26 bits per heavy atom. The lowest BCUT2D eigenvalue weighted by Gasteiger charge is -2.14. The third kappa shape index (κ3) is 4.87. The van der Waals surface area contributed by atoms with Crippen molar-refractivity contribution in [3.05, 3.63) is 29.6 Å². The first kappa shape index (κ1) is 15.4. The summed E-state index contributed by atoms with van der Waals surface area (Å²) in [5.41, 5.74) is 0.328. The van der Waals surface area contributed by atoms with Gasteiger partial charge in [0.1, 0.15) is 0 Å². The first-order valence-corrected chi connectivity index (χ1v) is 6.38. The van der Waals surface area contributed by atoms with Crippen molar-refractivity contribution in [1.29, 1.82) is 0 Å². The SMILES string of the molecule is CCCC(C)NC(=O)COc1c(F)cccc1CO. The molecule has 0 heterocycles. The van der Waals surface area contributed by atoms with Gasteiger partial charge < -0.3 is 15.2 Å². The van der Waals surface area contributed by atoms with E-state index in [4.69, 9.17) is 9.84 Å². The number of hydrogen-bond donors (Lipinski definition) is 2. The highest BCUT2D eigenvalue weighted by Gasteiger charge is 2.12. The molecule has 1 unspecified atom stereocenters. The van der Waals surface area contributed by atoms with Crippen LogP contribution in [0.15, 0.2) is 18.2 Å². The van der Waals surface area contributed by atoms with Gasteiger partial charge in [0.05, 0.1) is 6.61 Å². The van der Waals surface area contributed by atoms with Crippen molar-refractivity contribution < 1.29 is 19.0 Å². The lowest BCUT2D eigenvalue weighted by molar-refractivity contribution is -0.123. The van der Waals surface area contributed by atoms with Gasteiger partial charge in [0.25, 0.3) is 5.91 Å². The number of rotatable bonds is 7. The minimum absolute atomic E-state index is 0.0664. The van der Waals surface area contributed by atoms with Gasteiger partial charge in [-0.15, -0.1) is 0 Å². The predicted octanol–water partition coefficient (Wildman–Crippen LogP) is 2.00. The maximum absolute atomic E-state index is 13.5. The summed E-state index contributed by atoms with van der Waals surface area (Å²) in [6, 6.07) is 4.33. The van der Waals surface area contributed by atoms with E-state index in [9.17, 15) is 9.18 Å². The molecule has 1 amide bonds. The van der Waals surface area contributed by atoms with E-state index >= 15 is 0 Å². The number of aliphatic hydroxyl groups excluding tert-OH is 1. The van der Waals surface area contributed by atoms with Crippen molar-refractivity contribution in [2.24, 2.45) is 0 Å². The molecule has 5 heteroatoms. The first-order chi connectivity index (χ1) is 9.08. The Kier molecular flexibility index (Phi) is 6.29. The number of amides is 1. The highest BCUT2D eigenvalue weighted by Crippen LogP contribution is 2.22. The van der Waals surface area contributed by atoms with E-state index in [1.54, 1.807) is 6.07 Å². The van der Waals surface area contributed by atoms with Gasteiger partial charge in [0, 0.05) is 11.6 Å². The standard InChI is InChI=1S/C14H20FNO3/c1-3-5-10(2)16-13(18)9-19-14-11(8-17)6-4-7-12(14)15/h4,6-7,10,17H,3,5,8-9H2,1-2H3,(H,16,18). The largest absolute Gasteiger partial charge is 0.480 e. The number of ether oxygens (including phenoxy) is 1. The predicted molar refractivity (Wildman–Crippen MR) is 70.3 cm³/mol. The normalized spacial score (nSPS) is 12.0. The van der Waals surface area contributed by atoms with Crippen molar-refractivity contribution in [2.45, 2.75) is 39.3 Å². The second kappa shape index (κ2) is 7.74. The summed E-state index contributed by atoms with van der Waals surface area (Å²) in [5, 5.41) is 11.8. The second-order valence-electron chi connectivity index (χ2n) is 4.43. The maximum atomic E-state index is 13.5. The summed E-state index contributed by atoms with van der Waals surface area (Å²) in [6.07, 6.45) is 1.86. The number of carbonyl (C=O) groups is 1. The van der Waals surface area contributed by atoms with E-state index in [-0.39, 0.29) is 30.9 Å². The zero-order valence-corrected chi connectivity index (χ0v) is 11.3. The highest BCUT2D eigenvalue weighted by atomic mass is 19.1. The zero-order valence-electron chi connectivity index (χ0n) is 11.3. The fourth-order valence-electron chi connectivity index (χ4n) is 1.80. The number of nitrogens with one attached hydrogen (secondary N) is 1. The topological polar surface area (TPSA) is 58.6 Å². The average molecular weight is 269 g/mol. The minimum Gasteiger partial charge on any atom is -0.480 e. The molecule has 1 aromatic carbocycles. The van der Waals surface area contributed by atoms with Crippen LogP contribution in [0.5, 0.6) is 5.75 Å². The Hall–Kier alpha value is -1.62. The minimum atomic E-state index is -0.582. The fraction of sp³-hybridized carbons (Fsp3) is 0.500. The maximum Gasteiger partial charge on any atom is 0.258 e. The van der Waals surface area contributed by atoms with Crippen LogP contribution in [-0.2, 0) is 11.4 Å². The number of para-hydroxylation sites is 1. The molecule has 1 rings (SSSR count). The van der Waals surface area contributed by atoms with Crippen LogP contribution < -0.4 is 10.1 Å². The molecule has 0 aliphatic rings. The molecule has 106 valence electrons.